The van der Waals surface area contributed by atoms with E-state index in [0.717, 1.165) is 18.1 Å². The maximum Gasteiger partial charge on any atom is 0.133 e. The smallest absolute Gasteiger partial charge is 0.133 e. The largest absolute Gasteiger partial charge is 0.302 e. The van der Waals surface area contributed by atoms with E-state index < -0.39 is 0 Å². The summed E-state index contributed by atoms with van der Waals surface area (Å²) in [6.07, 6.45) is 6.67. The van der Waals surface area contributed by atoms with Gasteiger partial charge in [-0.05, 0) is 24.7 Å². The number of hydrogen-bond donors (Lipinski definition) is 0. The number of aldehydes is 1. The van der Waals surface area contributed by atoms with Gasteiger partial charge in [-0.25, -0.2) is 0 Å². The van der Waals surface area contributed by atoms with Crippen molar-refractivity contribution in [3.8, 4) is 0 Å². The highest BCUT2D eigenvalue weighted by Gasteiger charge is 2.33. The SMILES string of the molecule is O=CCN1CC2CCCCC2C1. The van der Waals surface area contributed by atoms with Crippen LogP contribution < -0.4 is 0 Å². The molecule has 1 saturated heterocycles. The fourth-order valence-corrected chi connectivity index (χ4v) is 2.76. The van der Waals surface area contributed by atoms with Gasteiger partial charge in [-0.2, -0.15) is 0 Å². The third-order valence-electron chi connectivity index (χ3n) is 3.38. The van der Waals surface area contributed by atoms with Crippen molar-refractivity contribution in [2.45, 2.75) is 25.7 Å². The summed E-state index contributed by atoms with van der Waals surface area (Å²) >= 11 is 0. The van der Waals surface area contributed by atoms with Crippen LogP contribution in [0.2, 0.25) is 0 Å². The minimum absolute atomic E-state index is 0.660. The first kappa shape index (κ1) is 8.24. The minimum Gasteiger partial charge on any atom is -0.302 e. The molecule has 0 bridgehead atoms. The van der Waals surface area contributed by atoms with Gasteiger partial charge in [0.1, 0.15) is 6.29 Å². The predicted octanol–water partition coefficient (Wildman–Crippen LogP) is 1.31. The molecule has 68 valence electrons. The summed E-state index contributed by atoms with van der Waals surface area (Å²) in [5.74, 6) is 1.83. The highest BCUT2D eigenvalue weighted by Crippen LogP contribution is 2.35. The average molecular weight is 167 g/mol. The van der Waals surface area contributed by atoms with Crippen molar-refractivity contribution < 1.29 is 4.79 Å². The number of carbonyl (C=O) groups excluding carboxylic acids is 1. The molecule has 0 radical (unpaired) electrons. The molecule has 0 amide bonds. The van der Waals surface area contributed by atoms with E-state index >= 15 is 0 Å². The Bertz CT molecular complexity index is 155. The van der Waals surface area contributed by atoms with E-state index in [2.05, 4.69) is 4.90 Å². The number of hydrogen-bond acceptors (Lipinski definition) is 2. The Morgan fingerprint density at radius 1 is 1.17 bits per heavy atom. The van der Waals surface area contributed by atoms with Gasteiger partial charge in [0.2, 0.25) is 0 Å². The first-order valence-electron chi connectivity index (χ1n) is 5.06. The van der Waals surface area contributed by atoms with Crippen molar-refractivity contribution in [1.82, 2.24) is 4.90 Å². The highest BCUT2D eigenvalue weighted by molar-refractivity contribution is 5.52. The third kappa shape index (κ3) is 1.53. The second-order valence-electron chi connectivity index (χ2n) is 4.19. The van der Waals surface area contributed by atoms with E-state index in [0.29, 0.717) is 6.54 Å². The molecule has 2 aliphatic rings. The lowest BCUT2D eigenvalue weighted by atomic mass is 9.82. The van der Waals surface area contributed by atoms with E-state index in [4.69, 9.17) is 0 Å². The van der Waals surface area contributed by atoms with Gasteiger partial charge in [0, 0.05) is 13.1 Å². The summed E-state index contributed by atoms with van der Waals surface area (Å²) < 4.78 is 0. The maximum absolute atomic E-state index is 10.3. The fraction of sp³-hybridized carbons (Fsp3) is 0.900. The lowest BCUT2D eigenvalue weighted by molar-refractivity contribution is -0.108. The Morgan fingerprint density at radius 2 is 1.75 bits per heavy atom. The molecular weight excluding hydrogens is 150 g/mol. The molecule has 0 N–H and O–H groups in total. The molecule has 1 aliphatic heterocycles. The summed E-state index contributed by atoms with van der Waals surface area (Å²) in [4.78, 5) is 12.6. The van der Waals surface area contributed by atoms with Crippen LogP contribution in [0.4, 0.5) is 0 Å². The molecule has 1 heterocycles. The van der Waals surface area contributed by atoms with Crippen molar-refractivity contribution in [2.24, 2.45) is 11.8 Å². The van der Waals surface area contributed by atoms with Gasteiger partial charge in [0.25, 0.3) is 0 Å². The Morgan fingerprint density at radius 3 is 2.25 bits per heavy atom. The second-order valence-corrected chi connectivity index (χ2v) is 4.19. The summed E-state index contributed by atoms with van der Waals surface area (Å²) in [5.41, 5.74) is 0. The molecule has 0 spiro atoms. The zero-order valence-corrected chi connectivity index (χ0v) is 7.54. The standard InChI is InChI=1S/C10H17NO/c12-6-5-11-7-9-3-1-2-4-10(9)8-11/h6,9-10H,1-5,7-8H2. The zero-order chi connectivity index (χ0) is 8.39. The summed E-state index contributed by atoms with van der Waals surface area (Å²) in [6, 6.07) is 0. The van der Waals surface area contributed by atoms with Gasteiger partial charge < -0.3 is 4.79 Å². The highest BCUT2D eigenvalue weighted by atomic mass is 16.1. The second kappa shape index (κ2) is 3.56. The van der Waals surface area contributed by atoms with E-state index in [9.17, 15) is 4.79 Å². The van der Waals surface area contributed by atoms with Gasteiger partial charge in [-0.3, -0.25) is 4.90 Å². The summed E-state index contributed by atoms with van der Waals surface area (Å²) in [7, 11) is 0. The Kier molecular flexibility index (Phi) is 2.45. The molecule has 2 heteroatoms. The number of nitrogens with zero attached hydrogens (tertiary/aromatic N) is 1. The molecule has 1 saturated carbocycles. The number of likely N-dealkylation sites (tertiary alicyclic amines) is 1. The normalized spacial score (nSPS) is 36.3. The van der Waals surface area contributed by atoms with E-state index in [1.54, 1.807) is 0 Å². The minimum atomic E-state index is 0.660. The van der Waals surface area contributed by atoms with Crippen molar-refractivity contribution in [3.63, 3.8) is 0 Å². The maximum atomic E-state index is 10.3. The quantitative estimate of drug-likeness (QED) is 0.578. The van der Waals surface area contributed by atoms with Crippen LogP contribution in [0.25, 0.3) is 0 Å². The van der Waals surface area contributed by atoms with Gasteiger partial charge >= 0.3 is 0 Å². The van der Waals surface area contributed by atoms with Crippen LogP contribution in [0.1, 0.15) is 25.7 Å². The first-order valence-corrected chi connectivity index (χ1v) is 5.06. The third-order valence-corrected chi connectivity index (χ3v) is 3.38. The Balaban J connectivity index is 1.89. The van der Waals surface area contributed by atoms with Crippen LogP contribution >= 0.6 is 0 Å². The van der Waals surface area contributed by atoms with Crippen molar-refractivity contribution in [1.29, 1.82) is 0 Å². The molecule has 0 aromatic heterocycles. The lowest BCUT2D eigenvalue weighted by Gasteiger charge is -2.23. The van der Waals surface area contributed by atoms with Crippen molar-refractivity contribution in [3.05, 3.63) is 0 Å². The molecule has 2 atom stereocenters. The predicted molar refractivity (Wildman–Crippen MR) is 48.0 cm³/mol. The number of carbonyl (C=O) groups is 1. The number of fused-ring (bicyclic) bond motifs is 1. The molecule has 2 unspecified atom stereocenters. The molecule has 0 aromatic rings. The van der Waals surface area contributed by atoms with E-state index in [1.807, 2.05) is 0 Å². The van der Waals surface area contributed by atoms with Crippen LogP contribution in [-0.4, -0.2) is 30.8 Å². The van der Waals surface area contributed by atoms with Crippen molar-refractivity contribution in [2.75, 3.05) is 19.6 Å². The first-order chi connectivity index (χ1) is 5.90. The molecule has 2 rings (SSSR count). The van der Waals surface area contributed by atoms with Crippen LogP contribution in [0.5, 0.6) is 0 Å². The van der Waals surface area contributed by atoms with Gasteiger partial charge in [-0.1, -0.05) is 12.8 Å². The molecular formula is C10H17NO. The van der Waals surface area contributed by atoms with Crippen LogP contribution in [-0.2, 0) is 4.79 Å². The lowest BCUT2D eigenvalue weighted by Crippen LogP contribution is -2.22. The van der Waals surface area contributed by atoms with Crippen molar-refractivity contribution >= 4 is 6.29 Å². The Labute approximate surface area is 73.9 Å². The molecule has 1 aliphatic carbocycles. The van der Waals surface area contributed by atoms with E-state index in [1.165, 1.54) is 38.8 Å². The molecule has 0 aromatic carbocycles. The number of rotatable bonds is 2. The molecule has 2 fully saturated rings. The Hall–Kier alpha value is -0.370. The van der Waals surface area contributed by atoms with Gasteiger partial charge in [0.15, 0.2) is 0 Å². The fourth-order valence-electron chi connectivity index (χ4n) is 2.76. The van der Waals surface area contributed by atoms with Crippen LogP contribution in [0, 0.1) is 11.8 Å². The van der Waals surface area contributed by atoms with E-state index in [-0.39, 0.29) is 0 Å². The van der Waals surface area contributed by atoms with Crippen LogP contribution in [0.3, 0.4) is 0 Å². The molecule has 2 nitrogen and oxygen atoms in total. The van der Waals surface area contributed by atoms with Gasteiger partial charge in [-0.15, -0.1) is 0 Å². The van der Waals surface area contributed by atoms with Gasteiger partial charge in [0.05, 0.1) is 6.54 Å². The summed E-state index contributed by atoms with van der Waals surface area (Å²) in [5, 5.41) is 0. The monoisotopic (exact) mass is 167 g/mol. The topological polar surface area (TPSA) is 20.3 Å². The molecule has 12 heavy (non-hydrogen) atoms. The average Bonchev–Trinajstić information content (AvgIpc) is 2.47. The zero-order valence-electron chi connectivity index (χ0n) is 7.54. The van der Waals surface area contributed by atoms with Crippen LogP contribution in [0.15, 0.2) is 0 Å². The summed E-state index contributed by atoms with van der Waals surface area (Å²) in [6.45, 7) is 3.03.